The molecule has 3 unspecified atom stereocenters. The summed E-state index contributed by atoms with van der Waals surface area (Å²) >= 11 is 6.41. The van der Waals surface area contributed by atoms with Crippen molar-refractivity contribution in [1.82, 2.24) is 20.2 Å². The Balaban J connectivity index is 0.00000213. The van der Waals surface area contributed by atoms with Crippen molar-refractivity contribution in [3.63, 3.8) is 0 Å². The van der Waals surface area contributed by atoms with Crippen molar-refractivity contribution in [1.29, 1.82) is 0 Å². The highest BCUT2D eigenvalue weighted by molar-refractivity contribution is 6.29. The minimum atomic E-state index is -1.10. The van der Waals surface area contributed by atoms with Gasteiger partial charge in [-0.05, 0) is 55.0 Å². The number of nitrogens with zero attached hydrogens (tertiary/aromatic N) is 5. The standard InChI is InChI=1S/C35H39ClFN7O.C2H6/c36-26-10-5-4-9-25(21-26)24-44-31-13-3-1-2-12-28(31)42-34(44)15-8-17-38-20-16-35-43-29-22-33(40-19-7-14-32(29)45-35)41-23-30-27(37)11-6-18-39-30;1-2/h1-6,9,11-12,14,18-19,21-22,27,29-30,38,41H,7-8,10,13,15-17,20,23-24H2;1-2H3/b32-14+,33-22?,40-19-;. The number of dihydropyridines is 1. The largest absolute Gasteiger partial charge is 0.445 e. The molecule has 10 heteroatoms. The summed E-state index contributed by atoms with van der Waals surface area (Å²) in [6.45, 7) is 6.73. The lowest BCUT2D eigenvalue weighted by molar-refractivity contribution is 0.335. The van der Waals surface area contributed by atoms with Crippen LogP contribution in [0.5, 0.6) is 0 Å². The normalized spacial score (nSPS) is 24.3. The van der Waals surface area contributed by atoms with Gasteiger partial charge in [0.25, 0.3) is 0 Å². The van der Waals surface area contributed by atoms with Gasteiger partial charge in [-0.15, -0.1) is 0 Å². The lowest BCUT2D eigenvalue weighted by atomic mass is 10.1. The van der Waals surface area contributed by atoms with Crippen LogP contribution in [-0.4, -0.2) is 65.8 Å². The Morgan fingerprint density at radius 3 is 2.87 bits per heavy atom. The molecule has 0 amide bonds. The smallest absolute Gasteiger partial charge is 0.192 e. The number of fused-ring (bicyclic) bond motifs is 2. The molecule has 1 aromatic rings. The molecule has 0 fully saturated rings. The van der Waals surface area contributed by atoms with Crippen molar-refractivity contribution < 1.29 is 9.13 Å². The molecular formula is C37H45ClFN7O. The van der Waals surface area contributed by atoms with Gasteiger partial charge in [-0.25, -0.2) is 19.4 Å². The first-order valence-corrected chi connectivity index (χ1v) is 17.1. The number of allylic oxidation sites excluding steroid dienone is 11. The van der Waals surface area contributed by atoms with E-state index in [2.05, 4.69) is 73.8 Å². The minimum Gasteiger partial charge on any atom is -0.445 e. The Bertz CT molecular complexity index is 1590. The van der Waals surface area contributed by atoms with Gasteiger partial charge in [-0.2, -0.15) is 0 Å². The number of imidazole rings is 1. The number of rotatable bonds is 12. The molecule has 47 heavy (non-hydrogen) atoms. The van der Waals surface area contributed by atoms with Gasteiger partial charge < -0.3 is 19.9 Å². The Labute approximate surface area is 282 Å². The Kier molecular flexibility index (Phi) is 12.9. The summed E-state index contributed by atoms with van der Waals surface area (Å²) in [4.78, 5) is 18.5. The van der Waals surface area contributed by atoms with Gasteiger partial charge in [0.15, 0.2) is 5.90 Å². The predicted octanol–water partition coefficient (Wildman–Crippen LogP) is 6.89. The molecule has 3 aliphatic heterocycles. The van der Waals surface area contributed by atoms with Gasteiger partial charge in [0.05, 0.1) is 5.69 Å². The second kappa shape index (κ2) is 17.7. The topological polar surface area (TPSA) is 88.2 Å². The second-order valence-corrected chi connectivity index (χ2v) is 11.8. The summed E-state index contributed by atoms with van der Waals surface area (Å²) < 4.78 is 22.6. The average Bonchev–Trinajstić information content (AvgIpc) is 3.38. The zero-order chi connectivity index (χ0) is 32.8. The molecule has 8 nitrogen and oxygen atoms in total. The monoisotopic (exact) mass is 657 g/mol. The zero-order valence-corrected chi connectivity index (χ0v) is 28.0. The second-order valence-electron chi connectivity index (χ2n) is 11.4. The minimum absolute atomic E-state index is 0.238. The number of alkyl halides is 1. The Hall–Kier alpha value is -4.08. The number of ether oxygens (including phenoxy) is 1. The molecule has 3 atom stereocenters. The first-order chi connectivity index (χ1) is 23.1. The number of aliphatic imine (C=N–C) groups is 3. The first-order valence-electron chi connectivity index (χ1n) is 16.7. The molecule has 248 valence electrons. The van der Waals surface area contributed by atoms with Gasteiger partial charge in [0.2, 0.25) is 0 Å². The number of halogens is 2. The van der Waals surface area contributed by atoms with E-state index in [-0.39, 0.29) is 6.04 Å². The molecule has 0 saturated heterocycles. The van der Waals surface area contributed by atoms with Crippen LogP contribution in [0.15, 0.2) is 104 Å². The van der Waals surface area contributed by atoms with E-state index in [1.165, 1.54) is 17.3 Å². The predicted molar refractivity (Wildman–Crippen MR) is 193 cm³/mol. The van der Waals surface area contributed by atoms with E-state index in [9.17, 15) is 4.39 Å². The van der Waals surface area contributed by atoms with Crippen LogP contribution < -0.4 is 10.6 Å². The highest BCUT2D eigenvalue weighted by Gasteiger charge is 2.25. The SMILES string of the molecule is CC.FC1C=CC=NC1CNC1=CC2N=C(CCNCCCc3nc4c(n3CC3=CC=CCC(Cl)=C3)CC=CC=C4)O/C2=C/C/C=N\1. The number of aromatic nitrogens is 2. The van der Waals surface area contributed by atoms with Crippen molar-refractivity contribution in [3.05, 3.63) is 106 Å². The molecule has 2 N–H and O–H groups in total. The molecule has 0 aromatic carbocycles. The van der Waals surface area contributed by atoms with Crippen molar-refractivity contribution >= 4 is 36.0 Å². The molecule has 1 aromatic heterocycles. The maximum atomic E-state index is 14.1. The quantitative estimate of drug-likeness (QED) is 0.240. The summed E-state index contributed by atoms with van der Waals surface area (Å²) in [6, 6.07) is -0.703. The van der Waals surface area contributed by atoms with Crippen LogP contribution in [0, 0.1) is 0 Å². The van der Waals surface area contributed by atoms with E-state index in [0.29, 0.717) is 31.1 Å². The molecule has 2 aliphatic carbocycles. The lowest BCUT2D eigenvalue weighted by Gasteiger charge is -2.18. The molecule has 0 spiro atoms. The molecule has 6 rings (SSSR count). The average molecular weight is 658 g/mol. The molecule has 5 aliphatic rings. The Morgan fingerprint density at radius 2 is 1.98 bits per heavy atom. The number of aryl methyl sites for hydroxylation is 1. The van der Waals surface area contributed by atoms with E-state index >= 15 is 0 Å². The van der Waals surface area contributed by atoms with Crippen LogP contribution in [-0.2, 0) is 24.1 Å². The van der Waals surface area contributed by atoms with E-state index < -0.39 is 12.2 Å². The fourth-order valence-corrected chi connectivity index (χ4v) is 5.93. The lowest BCUT2D eigenvalue weighted by Crippen LogP contribution is -2.33. The van der Waals surface area contributed by atoms with Crippen LogP contribution >= 0.6 is 11.6 Å². The van der Waals surface area contributed by atoms with Gasteiger partial charge in [0, 0.05) is 74.9 Å². The van der Waals surface area contributed by atoms with Crippen molar-refractivity contribution in [2.24, 2.45) is 15.0 Å². The van der Waals surface area contributed by atoms with Crippen molar-refractivity contribution in [2.45, 2.75) is 77.2 Å². The van der Waals surface area contributed by atoms with Crippen LogP contribution in [0.4, 0.5) is 4.39 Å². The molecule has 4 heterocycles. The van der Waals surface area contributed by atoms with Crippen molar-refractivity contribution in [3.8, 4) is 0 Å². The summed E-state index contributed by atoms with van der Waals surface area (Å²) in [5.41, 5.74) is 3.47. The van der Waals surface area contributed by atoms with Gasteiger partial charge >= 0.3 is 0 Å². The highest BCUT2D eigenvalue weighted by atomic mass is 35.5. The number of nitrogens with one attached hydrogen (secondary N) is 2. The zero-order valence-electron chi connectivity index (χ0n) is 27.3. The van der Waals surface area contributed by atoms with E-state index in [1.54, 1.807) is 12.3 Å². The first kappa shape index (κ1) is 34.3. The number of hydrogen-bond acceptors (Lipinski definition) is 7. The summed E-state index contributed by atoms with van der Waals surface area (Å²) in [6.07, 6.45) is 31.1. The van der Waals surface area contributed by atoms with Crippen LogP contribution in [0.2, 0.25) is 0 Å². The van der Waals surface area contributed by atoms with E-state index in [4.69, 9.17) is 26.3 Å². The molecule has 0 radical (unpaired) electrons. The third kappa shape index (κ3) is 9.72. The van der Waals surface area contributed by atoms with Crippen LogP contribution in [0.25, 0.3) is 6.08 Å². The van der Waals surface area contributed by atoms with Gasteiger partial charge in [-0.1, -0.05) is 61.9 Å². The maximum Gasteiger partial charge on any atom is 0.192 e. The van der Waals surface area contributed by atoms with Crippen LogP contribution in [0.1, 0.15) is 56.7 Å². The third-order valence-electron chi connectivity index (χ3n) is 8.01. The van der Waals surface area contributed by atoms with E-state index in [1.807, 2.05) is 32.2 Å². The third-order valence-corrected chi connectivity index (χ3v) is 8.27. The van der Waals surface area contributed by atoms with Crippen molar-refractivity contribution in [2.75, 3.05) is 19.6 Å². The Morgan fingerprint density at radius 1 is 1.09 bits per heavy atom. The fraction of sp³-hybridized carbons (Fsp3) is 0.405. The summed E-state index contributed by atoms with van der Waals surface area (Å²) in [7, 11) is 0. The summed E-state index contributed by atoms with van der Waals surface area (Å²) in [5, 5.41) is 7.63. The molecule has 0 bridgehead atoms. The maximum absolute atomic E-state index is 14.1. The molecular weight excluding hydrogens is 613 g/mol. The molecule has 0 saturated carbocycles. The fourth-order valence-electron chi connectivity index (χ4n) is 5.70. The van der Waals surface area contributed by atoms with E-state index in [0.717, 1.165) is 67.6 Å². The van der Waals surface area contributed by atoms with Gasteiger partial charge in [0.1, 0.15) is 35.7 Å². The van der Waals surface area contributed by atoms with Crippen LogP contribution in [0.3, 0.4) is 0 Å². The number of hydrogen-bond donors (Lipinski definition) is 2. The van der Waals surface area contributed by atoms with Gasteiger partial charge in [-0.3, -0.25) is 4.99 Å². The summed E-state index contributed by atoms with van der Waals surface area (Å²) in [5.74, 6) is 3.27. The highest BCUT2D eigenvalue weighted by Crippen LogP contribution is 2.25.